The van der Waals surface area contributed by atoms with Gasteiger partial charge < -0.3 is 10.1 Å². The maximum absolute atomic E-state index is 14.1. The van der Waals surface area contributed by atoms with Gasteiger partial charge >= 0.3 is 5.97 Å². The smallest absolute Gasteiger partial charge is 0.358 e. The van der Waals surface area contributed by atoms with Gasteiger partial charge in [0.25, 0.3) is 5.91 Å². The molecule has 9 heteroatoms. The number of halogens is 1. The van der Waals surface area contributed by atoms with Crippen molar-refractivity contribution in [1.29, 1.82) is 0 Å². The standard InChI is InChI=1S/C24H29FN4O4/c1-4-33-22(31)19-13-20-21(30)29(18-7-5-6-16(25)12-18)24(3,14-28(20)27-19)23(32)26-17-10-8-15(2)9-11-17/h5-7,12-13,15,17H,4,8-11,14H2,1-3H3,(H,26,32)/t15?,17?,24-/m0/s1. The summed E-state index contributed by atoms with van der Waals surface area (Å²) in [6.07, 6.45) is 3.80. The predicted octanol–water partition coefficient (Wildman–Crippen LogP) is 3.31. The maximum Gasteiger partial charge on any atom is 0.358 e. The summed E-state index contributed by atoms with van der Waals surface area (Å²) in [5.41, 5.74) is -0.983. The Morgan fingerprint density at radius 2 is 1.97 bits per heavy atom. The lowest BCUT2D eigenvalue weighted by atomic mass is 9.86. The predicted molar refractivity (Wildman–Crippen MR) is 119 cm³/mol. The number of nitrogens with one attached hydrogen (secondary N) is 1. The fraction of sp³-hybridized carbons (Fsp3) is 0.500. The summed E-state index contributed by atoms with van der Waals surface area (Å²) in [6, 6.07) is 6.96. The largest absolute Gasteiger partial charge is 0.461 e. The van der Waals surface area contributed by atoms with E-state index in [4.69, 9.17) is 4.74 Å². The highest BCUT2D eigenvalue weighted by molar-refractivity contribution is 6.12. The van der Waals surface area contributed by atoms with Gasteiger partial charge in [-0.15, -0.1) is 0 Å². The molecule has 176 valence electrons. The first-order chi connectivity index (χ1) is 15.7. The van der Waals surface area contributed by atoms with E-state index in [0.29, 0.717) is 5.92 Å². The normalized spacial score (nSPS) is 24.8. The van der Waals surface area contributed by atoms with Crippen LogP contribution in [-0.2, 0) is 16.1 Å². The Morgan fingerprint density at radius 3 is 2.64 bits per heavy atom. The van der Waals surface area contributed by atoms with Gasteiger partial charge in [0.2, 0.25) is 5.91 Å². The quantitative estimate of drug-likeness (QED) is 0.697. The fourth-order valence-corrected chi connectivity index (χ4v) is 4.65. The SMILES string of the molecule is CCOC(=O)c1cc2n(n1)C[C@@](C)(C(=O)NC1CCC(C)CC1)N(c1cccc(F)c1)C2=O. The number of fused-ring (bicyclic) bond motifs is 1. The molecule has 1 aliphatic carbocycles. The molecule has 2 aromatic rings. The topological polar surface area (TPSA) is 93.5 Å². The van der Waals surface area contributed by atoms with Gasteiger partial charge in [0, 0.05) is 17.8 Å². The first-order valence-corrected chi connectivity index (χ1v) is 11.4. The summed E-state index contributed by atoms with van der Waals surface area (Å²) in [7, 11) is 0. The van der Waals surface area contributed by atoms with Gasteiger partial charge in [-0.25, -0.2) is 9.18 Å². The molecular weight excluding hydrogens is 427 g/mol. The number of rotatable bonds is 5. The summed E-state index contributed by atoms with van der Waals surface area (Å²) in [5, 5.41) is 7.35. The molecule has 1 N–H and O–H groups in total. The molecule has 2 heterocycles. The Bertz CT molecular complexity index is 1080. The molecule has 2 aliphatic rings. The highest BCUT2D eigenvalue weighted by Gasteiger charge is 2.49. The maximum atomic E-state index is 14.1. The van der Waals surface area contributed by atoms with Crippen LogP contribution in [0.5, 0.6) is 0 Å². The summed E-state index contributed by atoms with van der Waals surface area (Å²) in [4.78, 5) is 40.7. The molecule has 0 unspecified atom stereocenters. The van der Waals surface area contributed by atoms with Crippen LogP contribution in [-0.4, -0.2) is 45.8 Å². The number of esters is 1. The third-order valence-electron chi connectivity index (χ3n) is 6.54. The number of nitrogens with zero attached hydrogens (tertiary/aromatic N) is 3. The van der Waals surface area contributed by atoms with Crippen LogP contribution in [0.25, 0.3) is 0 Å². The highest BCUT2D eigenvalue weighted by Crippen LogP contribution is 2.34. The van der Waals surface area contributed by atoms with Crippen LogP contribution < -0.4 is 10.2 Å². The molecule has 1 aliphatic heterocycles. The van der Waals surface area contributed by atoms with Crippen LogP contribution in [0.2, 0.25) is 0 Å². The number of hydrogen-bond donors (Lipinski definition) is 1. The van der Waals surface area contributed by atoms with Crippen LogP contribution in [0.1, 0.15) is 67.4 Å². The van der Waals surface area contributed by atoms with E-state index in [1.165, 1.54) is 33.8 Å². The molecule has 33 heavy (non-hydrogen) atoms. The Balaban J connectivity index is 1.72. The van der Waals surface area contributed by atoms with Crippen molar-refractivity contribution in [2.24, 2.45) is 5.92 Å². The average Bonchev–Trinajstić information content (AvgIpc) is 3.20. The van der Waals surface area contributed by atoms with E-state index in [0.717, 1.165) is 25.7 Å². The molecular formula is C24H29FN4O4. The van der Waals surface area contributed by atoms with Crippen LogP contribution in [0.4, 0.5) is 10.1 Å². The molecule has 0 spiro atoms. The molecule has 0 saturated heterocycles. The molecule has 1 atom stereocenters. The molecule has 8 nitrogen and oxygen atoms in total. The number of benzene rings is 1. The summed E-state index contributed by atoms with van der Waals surface area (Å²) >= 11 is 0. The first kappa shape index (κ1) is 22.9. The minimum Gasteiger partial charge on any atom is -0.461 e. The molecule has 1 fully saturated rings. The highest BCUT2D eigenvalue weighted by atomic mass is 19.1. The van der Waals surface area contributed by atoms with E-state index in [1.54, 1.807) is 19.9 Å². The Hall–Kier alpha value is -3.23. The summed E-state index contributed by atoms with van der Waals surface area (Å²) in [6.45, 7) is 5.71. The molecule has 0 bridgehead atoms. The van der Waals surface area contributed by atoms with Gasteiger partial charge in [0.15, 0.2) is 5.69 Å². The van der Waals surface area contributed by atoms with Crippen LogP contribution in [0.3, 0.4) is 0 Å². The van der Waals surface area contributed by atoms with Crippen molar-refractivity contribution >= 4 is 23.5 Å². The number of carbonyl (C=O) groups is 3. The molecule has 1 aromatic carbocycles. The lowest BCUT2D eigenvalue weighted by Gasteiger charge is -2.44. The third kappa shape index (κ3) is 4.36. The van der Waals surface area contributed by atoms with Crippen LogP contribution in [0, 0.1) is 11.7 Å². The van der Waals surface area contributed by atoms with Crippen molar-refractivity contribution in [3.8, 4) is 0 Å². The number of carbonyl (C=O) groups excluding carboxylic acids is 3. The van der Waals surface area contributed by atoms with E-state index in [-0.39, 0.29) is 42.2 Å². The number of hydrogen-bond acceptors (Lipinski definition) is 5. The number of anilines is 1. The Labute approximate surface area is 192 Å². The zero-order chi connectivity index (χ0) is 23.8. The molecule has 1 saturated carbocycles. The van der Waals surface area contributed by atoms with Crippen LogP contribution >= 0.6 is 0 Å². The van der Waals surface area contributed by atoms with E-state index in [9.17, 15) is 18.8 Å². The van der Waals surface area contributed by atoms with Crippen LogP contribution in [0.15, 0.2) is 30.3 Å². The zero-order valence-electron chi connectivity index (χ0n) is 19.1. The van der Waals surface area contributed by atoms with Gasteiger partial charge in [0.05, 0.1) is 13.2 Å². The van der Waals surface area contributed by atoms with E-state index in [2.05, 4.69) is 17.3 Å². The minimum absolute atomic E-state index is 0.00896. The lowest BCUT2D eigenvalue weighted by molar-refractivity contribution is -0.127. The average molecular weight is 457 g/mol. The van der Waals surface area contributed by atoms with Gasteiger partial charge in [0.1, 0.15) is 17.1 Å². The van der Waals surface area contributed by atoms with Gasteiger partial charge in [-0.05, 0) is 63.6 Å². The fourth-order valence-electron chi connectivity index (χ4n) is 4.65. The van der Waals surface area contributed by atoms with Crippen molar-refractivity contribution in [3.63, 3.8) is 0 Å². The molecule has 4 rings (SSSR count). The first-order valence-electron chi connectivity index (χ1n) is 11.4. The summed E-state index contributed by atoms with van der Waals surface area (Å²) in [5.74, 6) is -1.41. The monoisotopic (exact) mass is 456 g/mol. The minimum atomic E-state index is -1.38. The van der Waals surface area contributed by atoms with Gasteiger partial charge in [-0.3, -0.25) is 19.2 Å². The van der Waals surface area contributed by atoms with E-state index in [1.807, 2.05) is 0 Å². The molecule has 0 radical (unpaired) electrons. The Morgan fingerprint density at radius 1 is 1.24 bits per heavy atom. The zero-order valence-corrected chi connectivity index (χ0v) is 19.1. The molecule has 1 aromatic heterocycles. The number of aromatic nitrogens is 2. The second-order valence-electron chi connectivity index (χ2n) is 9.12. The van der Waals surface area contributed by atoms with Crippen molar-refractivity contribution in [2.45, 2.75) is 64.6 Å². The van der Waals surface area contributed by atoms with Crippen molar-refractivity contribution in [2.75, 3.05) is 11.5 Å². The van der Waals surface area contributed by atoms with Gasteiger partial charge in [-0.1, -0.05) is 13.0 Å². The second kappa shape index (κ2) is 8.96. The second-order valence-corrected chi connectivity index (χ2v) is 9.12. The summed E-state index contributed by atoms with van der Waals surface area (Å²) < 4.78 is 20.5. The van der Waals surface area contributed by atoms with Crippen molar-refractivity contribution < 1.29 is 23.5 Å². The third-order valence-corrected chi connectivity index (χ3v) is 6.54. The van der Waals surface area contributed by atoms with Gasteiger partial charge in [-0.2, -0.15) is 5.10 Å². The van der Waals surface area contributed by atoms with Crippen molar-refractivity contribution in [3.05, 3.63) is 47.5 Å². The Kier molecular flexibility index (Phi) is 6.23. The number of ether oxygens (including phenoxy) is 1. The van der Waals surface area contributed by atoms with E-state index < -0.39 is 23.2 Å². The number of amides is 2. The molecule has 2 amide bonds. The lowest BCUT2D eigenvalue weighted by Crippen LogP contribution is -2.65. The van der Waals surface area contributed by atoms with E-state index >= 15 is 0 Å². The van der Waals surface area contributed by atoms with Crippen molar-refractivity contribution in [1.82, 2.24) is 15.1 Å².